The predicted octanol–water partition coefficient (Wildman–Crippen LogP) is 3.42. The van der Waals surface area contributed by atoms with Crippen molar-refractivity contribution in [1.29, 1.82) is 0 Å². The van der Waals surface area contributed by atoms with Crippen molar-refractivity contribution in [3.63, 3.8) is 0 Å². The molecule has 0 amide bonds. The van der Waals surface area contributed by atoms with Gasteiger partial charge in [0, 0.05) is 47.5 Å². The molecule has 4 heterocycles. The molecule has 0 unspecified atom stereocenters. The van der Waals surface area contributed by atoms with Crippen LogP contribution in [0.4, 0.5) is 0 Å². The smallest absolute Gasteiger partial charge is 0.260 e. The summed E-state index contributed by atoms with van der Waals surface area (Å²) in [7, 11) is 1.86. The van der Waals surface area contributed by atoms with Crippen LogP contribution >= 0.6 is 0 Å². The number of nitrogens with one attached hydrogen (secondary N) is 1. The number of rotatable bonds is 2. The van der Waals surface area contributed by atoms with E-state index in [2.05, 4.69) is 10.4 Å². The number of benzene rings is 1. The Morgan fingerprint density at radius 3 is 2.90 bits per heavy atom. The van der Waals surface area contributed by atoms with Crippen LogP contribution in [-0.4, -0.2) is 36.5 Å². The van der Waals surface area contributed by atoms with E-state index in [9.17, 15) is 9.90 Å². The van der Waals surface area contributed by atoms with Crippen molar-refractivity contribution < 1.29 is 5.11 Å². The SMILES string of the molecule is Cc1c(O)c(-c2ccc3c(=O)n([C@H]4CCNC5(CC5)C4)ccc3n2)cc2cn(C)nc12. The van der Waals surface area contributed by atoms with Crippen LogP contribution in [0.25, 0.3) is 33.1 Å². The number of fused-ring (bicyclic) bond motifs is 2. The summed E-state index contributed by atoms with van der Waals surface area (Å²) in [6.45, 7) is 2.82. The third-order valence-corrected chi connectivity index (χ3v) is 7.03. The minimum atomic E-state index is 0.0161. The topological polar surface area (TPSA) is 85.0 Å². The molecular weight excluding hydrogens is 390 g/mol. The van der Waals surface area contributed by atoms with Crippen LogP contribution in [0.15, 0.2) is 41.5 Å². The van der Waals surface area contributed by atoms with E-state index in [1.165, 1.54) is 12.8 Å². The Bertz CT molecular complexity index is 1410. The second-order valence-electron chi connectivity index (χ2n) is 9.15. The van der Waals surface area contributed by atoms with Crippen molar-refractivity contribution in [3.8, 4) is 17.0 Å². The van der Waals surface area contributed by atoms with E-state index >= 15 is 0 Å². The molecule has 1 saturated carbocycles. The molecule has 158 valence electrons. The fourth-order valence-corrected chi connectivity index (χ4v) is 5.11. The summed E-state index contributed by atoms with van der Waals surface area (Å²) >= 11 is 0. The lowest BCUT2D eigenvalue weighted by molar-refractivity contribution is 0.282. The monoisotopic (exact) mass is 415 g/mol. The summed E-state index contributed by atoms with van der Waals surface area (Å²) in [4.78, 5) is 18.0. The number of phenolic OH excluding ortho intramolecular Hbond substituents is 1. The molecule has 1 aliphatic heterocycles. The minimum absolute atomic E-state index is 0.0161. The Kier molecular flexibility index (Phi) is 3.84. The van der Waals surface area contributed by atoms with E-state index in [0.29, 0.717) is 22.2 Å². The Labute approximate surface area is 179 Å². The van der Waals surface area contributed by atoms with E-state index in [0.717, 1.165) is 35.9 Å². The van der Waals surface area contributed by atoms with Gasteiger partial charge in [0.1, 0.15) is 5.75 Å². The Balaban J connectivity index is 1.43. The fourth-order valence-electron chi connectivity index (χ4n) is 5.11. The molecule has 4 aromatic rings. The summed E-state index contributed by atoms with van der Waals surface area (Å²) in [6, 6.07) is 7.74. The zero-order chi connectivity index (χ0) is 21.3. The lowest BCUT2D eigenvalue weighted by atomic mass is 9.97. The van der Waals surface area contributed by atoms with Gasteiger partial charge in [-0.2, -0.15) is 5.10 Å². The second kappa shape index (κ2) is 6.40. The highest BCUT2D eigenvalue weighted by Crippen LogP contribution is 2.45. The van der Waals surface area contributed by atoms with Crippen molar-refractivity contribution in [2.45, 2.75) is 44.2 Å². The molecular formula is C24H25N5O2. The fraction of sp³-hybridized carbons (Fsp3) is 0.375. The number of nitrogens with zero attached hydrogens (tertiary/aromatic N) is 4. The normalized spacial score (nSPS) is 20.0. The van der Waals surface area contributed by atoms with Gasteiger partial charge in [-0.3, -0.25) is 9.48 Å². The summed E-state index contributed by atoms with van der Waals surface area (Å²) in [5.41, 5.74) is 3.74. The first-order valence-corrected chi connectivity index (χ1v) is 10.9. The quantitative estimate of drug-likeness (QED) is 0.524. The van der Waals surface area contributed by atoms with Gasteiger partial charge in [0.05, 0.1) is 22.1 Å². The molecule has 2 N–H and O–H groups in total. The number of hydrogen-bond donors (Lipinski definition) is 2. The molecule has 7 heteroatoms. The van der Waals surface area contributed by atoms with Crippen LogP contribution in [0.2, 0.25) is 0 Å². The molecule has 1 aliphatic carbocycles. The molecule has 6 rings (SSSR count). The molecule has 3 aromatic heterocycles. The number of piperidine rings is 1. The van der Waals surface area contributed by atoms with Crippen molar-refractivity contribution in [3.05, 3.63) is 52.6 Å². The van der Waals surface area contributed by atoms with Gasteiger partial charge in [0.15, 0.2) is 0 Å². The van der Waals surface area contributed by atoms with Gasteiger partial charge >= 0.3 is 0 Å². The lowest BCUT2D eigenvalue weighted by Gasteiger charge is -2.31. The van der Waals surface area contributed by atoms with Crippen LogP contribution in [0.5, 0.6) is 5.75 Å². The molecule has 7 nitrogen and oxygen atoms in total. The number of aromatic nitrogens is 4. The first kappa shape index (κ1) is 18.6. The Morgan fingerprint density at radius 2 is 2.10 bits per heavy atom. The maximum atomic E-state index is 13.2. The van der Waals surface area contributed by atoms with E-state index in [4.69, 9.17) is 4.98 Å². The van der Waals surface area contributed by atoms with Crippen molar-refractivity contribution in [2.24, 2.45) is 7.05 Å². The van der Waals surface area contributed by atoms with Gasteiger partial charge in [0.2, 0.25) is 0 Å². The first-order valence-electron chi connectivity index (χ1n) is 10.9. The van der Waals surface area contributed by atoms with E-state index in [-0.39, 0.29) is 22.9 Å². The Hall–Kier alpha value is -3.19. The Morgan fingerprint density at radius 1 is 1.26 bits per heavy atom. The van der Waals surface area contributed by atoms with Crippen molar-refractivity contribution in [1.82, 2.24) is 24.6 Å². The van der Waals surface area contributed by atoms with Crippen molar-refractivity contribution >= 4 is 21.8 Å². The molecule has 1 atom stereocenters. The lowest BCUT2D eigenvalue weighted by Crippen LogP contribution is -2.42. The average Bonchev–Trinajstić information content (AvgIpc) is 3.39. The average molecular weight is 415 g/mol. The highest BCUT2D eigenvalue weighted by atomic mass is 16.3. The van der Waals surface area contributed by atoms with Gasteiger partial charge in [-0.15, -0.1) is 0 Å². The van der Waals surface area contributed by atoms with Gasteiger partial charge in [-0.25, -0.2) is 4.98 Å². The van der Waals surface area contributed by atoms with Gasteiger partial charge in [-0.05, 0) is 63.4 Å². The van der Waals surface area contributed by atoms with Crippen molar-refractivity contribution in [2.75, 3.05) is 6.54 Å². The number of phenols is 1. The van der Waals surface area contributed by atoms with Crippen LogP contribution in [0.1, 0.15) is 37.3 Å². The van der Waals surface area contributed by atoms with Crippen LogP contribution < -0.4 is 10.9 Å². The van der Waals surface area contributed by atoms with E-state index in [1.54, 1.807) is 4.68 Å². The van der Waals surface area contributed by atoms with E-state index < -0.39 is 0 Å². The maximum absolute atomic E-state index is 13.2. The number of pyridine rings is 2. The van der Waals surface area contributed by atoms with Gasteiger partial charge in [-0.1, -0.05) is 0 Å². The molecule has 31 heavy (non-hydrogen) atoms. The first-order chi connectivity index (χ1) is 14.9. The number of aromatic hydroxyl groups is 1. The van der Waals surface area contributed by atoms with E-state index in [1.807, 2.05) is 55.2 Å². The van der Waals surface area contributed by atoms with Gasteiger partial charge in [0.25, 0.3) is 5.56 Å². The molecule has 0 radical (unpaired) electrons. The predicted molar refractivity (Wildman–Crippen MR) is 120 cm³/mol. The minimum Gasteiger partial charge on any atom is -0.507 e. The summed E-state index contributed by atoms with van der Waals surface area (Å²) in [6.07, 6.45) is 8.22. The summed E-state index contributed by atoms with van der Waals surface area (Å²) in [5.74, 6) is 0.177. The molecule has 1 spiro atoms. The van der Waals surface area contributed by atoms with Crippen LogP contribution in [0, 0.1) is 6.92 Å². The molecule has 1 saturated heterocycles. The molecule has 0 bridgehead atoms. The maximum Gasteiger partial charge on any atom is 0.260 e. The third kappa shape index (κ3) is 2.87. The standard InChI is InChI=1S/C24H25N5O2/c1-14-21-15(13-28(2)27-21)11-18(22(14)30)19-4-3-17-20(26-19)6-10-29(23(17)31)16-5-9-25-24(12-16)7-8-24/h3-4,6,10-11,13,16,25,30H,5,7-9,12H2,1-2H3/t16-/m0/s1. The molecule has 2 aliphatic rings. The molecule has 1 aromatic carbocycles. The van der Waals surface area contributed by atoms with Crippen LogP contribution in [-0.2, 0) is 7.05 Å². The highest BCUT2D eigenvalue weighted by Gasteiger charge is 2.46. The number of hydrogen-bond acceptors (Lipinski definition) is 5. The second-order valence-corrected chi connectivity index (χ2v) is 9.15. The van der Waals surface area contributed by atoms with Crippen LogP contribution in [0.3, 0.4) is 0 Å². The third-order valence-electron chi connectivity index (χ3n) is 7.03. The molecule has 2 fully saturated rings. The summed E-state index contributed by atoms with van der Waals surface area (Å²) < 4.78 is 3.64. The largest absolute Gasteiger partial charge is 0.507 e. The zero-order valence-corrected chi connectivity index (χ0v) is 17.7. The zero-order valence-electron chi connectivity index (χ0n) is 17.7. The summed E-state index contributed by atoms with van der Waals surface area (Å²) in [5, 5.41) is 20.4. The highest BCUT2D eigenvalue weighted by molar-refractivity contribution is 5.91. The number of aryl methyl sites for hydroxylation is 2. The van der Waals surface area contributed by atoms with Gasteiger partial charge < -0.3 is 15.0 Å².